The topological polar surface area (TPSA) is 66.4 Å². The second-order valence-corrected chi connectivity index (χ2v) is 5.26. The molecule has 94 valence electrons. The van der Waals surface area contributed by atoms with Crippen molar-refractivity contribution in [3.8, 4) is 0 Å². The Morgan fingerprint density at radius 3 is 2.53 bits per heavy atom. The lowest BCUT2D eigenvalue weighted by Crippen LogP contribution is -2.40. The van der Waals surface area contributed by atoms with Crippen molar-refractivity contribution in [2.45, 2.75) is 39.7 Å². The average Bonchev–Trinajstić information content (AvgIpc) is 2.58. The van der Waals surface area contributed by atoms with Gasteiger partial charge in [-0.3, -0.25) is 4.79 Å². The Kier molecular flexibility index (Phi) is 4.69. The Morgan fingerprint density at radius 1 is 1.47 bits per heavy atom. The van der Waals surface area contributed by atoms with E-state index in [2.05, 4.69) is 5.32 Å². The largest absolute Gasteiger partial charge is 0.480 e. The van der Waals surface area contributed by atoms with Crippen molar-refractivity contribution in [3.05, 3.63) is 21.4 Å². The SMILES string of the molecule is CCC[C@@H](NC(=O)c1cc(C)c(C)s1)C(=O)O. The van der Waals surface area contributed by atoms with Gasteiger partial charge in [-0.15, -0.1) is 11.3 Å². The van der Waals surface area contributed by atoms with Crippen molar-refractivity contribution in [2.24, 2.45) is 0 Å². The van der Waals surface area contributed by atoms with Crippen molar-refractivity contribution >= 4 is 23.2 Å². The number of amides is 1. The zero-order valence-corrected chi connectivity index (χ0v) is 11.1. The van der Waals surface area contributed by atoms with Gasteiger partial charge in [0, 0.05) is 4.88 Å². The molecule has 0 aliphatic rings. The first-order chi connectivity index (χ1) is 7.95. The lowest BCUT2D eigenvalue weighted by molar-refractivity contribution is -0.139. The Bertz CT molecular complexity index is 406. The van der Waals surface area contributed by atoms with Crippen LogP contribution >= 0.6 is 11.3 Å². The summed E-state index contributed by atoms with van der Waals surface area (Å²) in [7, 11) is 0. The fraction of sp³-hybridized carbons (Fsp3) is 0.500. The third-order valence-electron chi connectivity index (χ3n) is 2.57. The molecule has 1 heterocycles. The highest BCUT2D eigenvalue weighted by molar-refractivity contribution is 7.14. The lowest BCUT2D eigenvalue weighted by atomic mass is 10.1. The summed E-state index contributed by atoms with van der Waals surface area (Å²) in [6.07, 6.45) is 1.17. The van der Waals surface area contributed by atoms with Gasteiger partial charge in [0.1, 0.15) is 6.04 Å². The summed E-state index contributed by atoms with van der Waals surface area (Å²) in [5, 5.41) is 11.5. The number of hydrogen-bond donors (Lipinski definition) is 2. The van der Waals surface area contributed by atoms with Crippen molar-refractivity contribution in [3.63, 3.8) is 0 Å². The summed E-state index contributed by atoms with van der Waals surface area (Å²) < 4.78 is 0. The monoisotopic (exact) mass is 255 g/mol. The molecule has 1 amide bonds. The maximum Gasteiger partial charge on any atom is 0.326 e. The number of carbonyl (C=O) groups excluding carboxylic acids is 1. The van der Waals surface area contributed by atoms with E-state index in [1.54, 1.807) is 6.07 Å². The van der Waals surface area contributed by atoms with Crippen LogP contribution in [0.2, 0.25) is 0 Å². The number of hydrogen-bond acceptors (Lipinski definition) is 3. The molecule has 0 bridgehead atoms. The molecule has 2 N–H and O–H groups in total. The second kappa shape index (κ2) is 5.82. The minimum atomic E-state index is -0.981. The Hall–Kier alpha value is -1.36. The molecule has 0 spiro atoms. The van der Waals surface area contributed by atoms with Crippen LogP contribution in [0, 0.1) is 13.8 Å². The summed E-state index contributed by atoms with van der Waals surface area (Å²) >= 11 is 1.39. The molecule has 0 aromatic carbocycles. The predicted octanol–water partition coefficient (Wildman–Crippen LogP) is 2.35. The third-order valence-corrected chi connectivity index (χ3v) is 3.72. The minimum absolute atomic E-state index is 0.299. The van der Waals surface area contributed by atoms with Gasteiger partial charge in [-0.2, -0.15) is 0 Å². The number of carboxylic acids is 1. The molecule has 0 aliphatic carbocycles. The second-order valence-electron chi connectivity index (χ2n) is 4.00. The molecule has 0 fully saturated rings. The van der Waals surface area contributed by atoms with Crippen LogP contribution < -0.4 is 5.32 Å². The highest BCUT2D eigenvalue weighted by atomic mass is 32.1. The summed E-state index contributed by atoms with van der Waals surface area (Å²) in [5.74, 6) is -1.28. The number of carbonyl (C=O) groups is 2. The Labute approximate surface area is 105 Å². The third kappa shape index (κ3) is 3.56. The van der Waals surface area contributed by atoms with E-state index < -0.39 is 12.0 Å². The van der Waals surface area contributed by atoms with Crippen LogP contribution in [0.25, 0.3) is 0 Å². The normalized spacial score (nSPS) is 12.2. The summed E-state index contributed by atoms with van der Waals surface area (Å²) in [5.41, 5.74) is 1.06. The molecule has 0 aliphatic heterocycles. The van der Waals surface area contributed by atoms with Crippen LogP contribution in [0.3, 0.4) is 0 Å². The van der Waals surface area contributed by atoms with Gasteiger partial charge in [-0.25, -0.2) is 4.79 Å². The molecule has 17 heavy (non-hydrogen) atoms. The van der Waals surface area contributed by atoms with E-state index in [1.807, 2.05) is 20.8 Å². The van der Waals surface area contributed by atoms with Crippen molar-refractivity contribution < 1.29 is 14.7 Å². The van der Waals surface area contributed by atoms with Crippen LogP contribution in [0.15, 0.2) is 6.07 Å². The average molecular weight is 255 g/mol. The molecular weight excluding hydrogens is 238 g/mol. The van der Waals surface area contributed by atoms with E-state index in [0.29, 0.717) is 11.3 Å². The van der Waals surface area contributed by atoms with Crippen LogP contribution in [0.1, 0.15) is 39.9 Å². The van der Waals surface area contributed by atoms with Gasteiger partial charge in [0.25, 0.3) is 5.91 Å². The van der Waals surface area contributed by atoms with Crippen LogP contribution in [0.5, 0.6) is 0 Å². The minimum Gasteiger partial charge on any atom is -0.480 e. The van der Waals surface area contributed by atoms with E-state index in [9.17, 15) is 9.59 Å². The van der Waals surface area contributed by atoms with Crippen molar-refractivity contribution in [1.82, 2.24) is 5.32 Å². The Balaban J connectivity index is 2.73. The van der Waals surface area contributed by atoms with Gasteiger partial charge < -0.3 is 10.4 Å². The van der Waals surface area contributed by atoms with Gasteiger partial charge in [-0.1, -0.05) is 13.3 Å². The zero-order chi connectivity index (χ0) is 13.0. The molecule has 1 aromatic heterocycles. The smallest absolute Gasteiger partial charge is 0.326 e. The molecule has 5 heteroatoms. The molecule has 0 saturated carbocycles. The maximum atomic E-state index is 11.8. The van der Waals surface area contributed by atoms with Gasteiger partial charge >= 0.3 is 5.97 Å². The quantitative estimate of drug-likeness (QED) is 0.848. The summed E-state index contributed by atoms with van der Waals surface area (Å²) in [6, 6.07) is 0.996. The van der Waals surface area contributed by atoms with Crippen molar-refractivity contribution in [2.75, 3.05) is 0 Å². The van der Waals surface area contributed by atoms with Crippen molar-refractivity contribution in [1.29, 1.82) is 0 Å². The van der Waals surface area contributed by atoms with E-state index in [-0.39, 0.29) is 5.91 Å². The molecule has 0 saturated heterocycles. The number of aliphatic carboxylic acids is 1. The maximum absolute atomic E-state index is 11.8. The molecule has 1 rings (SSSR count). The van der Waals surface area contributed by atoms with Crippen LogP contribution in [-0.4, -0.2) is 23.0 Å². The van der Waals surface area contributed by atoms with Gasteiger partial charge in [0.2, 0.25) is 0 Å². The van der Waals surface area contributed by atoms with E-state index in [0.717, 1.165) is 16.9 Å². The summed E-state index contributed by atoms with van der Waals surface area (Å²) in [4.78, 5) is 24.4. The fourth-order valence-corrected chi connectivity index (χ4v) is 2.40. The summed E-state index contributed by atoms with van der Waals surface area (Å²) in [6.45, 7) is 5.77. The zero-order valence-electron chi connectivity index (χ0n) is 10.2. The predicted molar refractivity (Wildman–Crippen MR) is 67.6 cm³/mol. The number of rotatable bonds is 5. The van der Waals surface area contributed by atoms with Crippen LogP contribution in [-0.2, 0) is 4.79 Å². The van der Waals surface area contributed by atoms with E-state index in [1.165, 1.54) is 11.3 Å². The number of aryl methyl sites for hydroxylation is 2. The first kappa shape index (κ1) is 13.7. The molecular formula is C12H17NO3S. The molecule has 1 atom stereocenters. The van der Waals surface area contributed by atoms with Crippen LogP contribution in [0.4, 0.5) is 0 Å². The Morgan fingerprint density at radius 2 is 2.12 bits per heavy atom. The molecule has 4 nitrogen and oxygen atoms in total. The lowest BCUT2D eigenvalue weighted by Gasteiger charge is -2.12. The molecule has 0 radical (unpaired) electrons. The molecule has 0 unspecified atom stereocenters. The molecule has 1 aromatic rings. The fourth-order valence-electron chi connectivity index (χ4n) is 1.46. The first-order valence-corrected chi connectivity index (χ1v) is 6.38. The number of nitrogens with one attached hydrogen (secondary N) is 1. The number of thiophene rings is 1. The first-order valence-electron chi connectivity index (χ1n) is 5.56. The number of carboxylic acid groups (broad SMARTS) is 1. The van der Waals surface area contributed by atoms with E-state index >= 15 is 0 Å². The highest BCUT2D eigenvalue weighted by Gasteiger charge is 2.20. The highest BCUT2D eigenvalue weighted by Crippen LogP contribution is 2.20. The van der Waals surface area contributed by atoms with Gasteiger partial charge in [-0.05, 0) is 31.9 Å². The van der Waals surface area contributed by atoms with Gasteiger partial charge in [0.05, 0.1) is 4.88 Å². The van der Waals surface area contributed by atoms with Gasteiger partial charge in [0.15, 0.2) is 0 Å². The van der Waals surface area contributed by atoms with E-state index in [4.69, 9.17) is 5.11 Å². The standard InChI is InChI=1S/C12H17NO3S/c1-4-5-9(12(15)16)13-11(14)10-6-7(2)8(3)17-10/h6,9H,4-5H2,1-3H3,(H,13,14)(H,15,16)/t9-/m1/s1.